The Morgan fingerprint density at radius 1 is 1.21 bits per heavy atom. The molecule has 1 amide bonds. The number of hydrogen-bond acceptors (Lipinski definition) is 9. The van der Waals surface area contributed by atoms with Gasteiger partial charge in [-0.15, -0.1) is 0 Å². The second-order valence-electron chi connectivity index (χ2n) is 9.42. The summed E-state index contributed by atoms with van der Waals surface area (Å²) in [5, 5.41) is 44.4. The lowest BCUT2D eigenvalue weighted by Gasteiger charge is -2.50. The summed E-state index contributed by atoms with van der Waals surface area (Å²) in [5.41, 5.74) is 9.44. The van der Waals surface area contributed by atoms with Gasteiger partial charge in [-0.25, -0.2) is 0 Å². The molecular formula is C24H29N3O7. The molecule has 3 aliphatic rings. The molecule has 0 aliphatic heterocycles. The Morgan fingerprint density at radius 2 is 1.85 bits per heavy atom. The third-order valence-electron chi connectivity index (χ3n) is 7.49. The van der Waals surface area contributed by atoms with Crippen molar-refractivity contribution in [3.63, 3.8) is 0 Å². The first-order valence-electron chi connectivity index (χ1n) is 11.1. The molecule has 1 unspecified atom stereocenters. The average Bonchev–Trinajstić information content (AvgIpc) is 2.76. The van der Waals surface area contributed by atoms with Crippen LogP contribution >= 0.6 is 0 Å². The maximum Gasteiger partial charge on any atom is 0.255 e. The second kappa shape index (κ2) is 7.93. The number of primary amides is 1. The van der Waals surface area contributed by atoms with Gasteiger partial charge in [0.05, 0.1) is 11.6 Å². The molecule has 10 heteroatoms. The standard InChI is InChI=1S/C24H29N3O7/c1-4-9-5-11(8-25)18(28)15-12(9)6-10-7-13-17(27(2)3)20(30)16(23(26)33)22(32)24(13,34)21(31)14(10)19(15)29/h5,10,13,17,28-29,32,34H,4,6-8,25H2,1-3H3,(H2,26,33)/t10-,13-,17?,24-/m0/s1. The minimum atomic E-state index is -2.64. The fraction of sp³-hybridized carbons (Fsp3) is 0.458. The van der Waals surface area contributed by atoms with Crippen molar-refractivity contribution in [2.24, 2.45) is 23.3 Å². The van der Waals surface area contributed by atoms with Gasteiger partial charge < -0.3 is 31.9 Å². The first-order chi connectivity index (χ1) is 15.9. The molecular weight excluding hydrogens is 442 g/mol. The van der Waals surface area contributed by atoms with Gasteiger partial charge in [-0.1, -0.05) is 13.0 Å². The maximum atomic E-state index is 13.8. The number of aryl methyl sites for hydroxylation is 1. The number of ketones is 2. The number of likely N-dealkylation sites (N-methyl/N-ethyl adjacent to an activating group) is 1. The number of benzene rings is 1. The zero-order valence-electron chi connectivity index (χ0n) is 19.3. The van der Waals surface area contributed by atoms with Crippen molar-refractivity contribution in [3.8, 4) is 5.75 Å². The van der Waals surface area contributed by atoms with Crippen LogP contribution in [-0.2, 0) is 33.8 Å². The maximum absolute atomic E-state index is 13.8. The van der Waals surface area contributed by atoms with Gasteiger partial charge in [0.2, 0.25) is 5.78 Å². The zero-order valence-corrected chi connectivity index (χ0v) is 19.3. The molecule has 0 saturated heterocycles. The molecule has 1 aromatic carbocycles. The van der Waals surface area contributed by atoms with E-state index in [0.29, 0.717) is 17.5 Å². The van der Waals surface area contributed by atoms with Crippen LogP contribution in [0.5, 0.6) is 5.75 Å². The Balaban J connectivity index is 2.00. The number of nitrogens with two attached hydrogens (primary N) is 2. The van der Waals surface area contributed by atoms with Crippen molar-refractivity contribution < 1.29 is 34.8 Å². The number of Topliss-reactive ketones (excluding diaryl/α,β-unsaturated/α-hetero) is 2. The van der Waals surface area contributed by atoms with Crippen molar-refractivity contribution in [1.29, 1.82) is 0 Å². The van der Waals surface area contributed by atoms with E-state index in [9.17, 15) is 34.8 Å². The Kier molecular flexibility index (Phi) is 5.58. The first-order valence-corrected chi connectivity index (χ1v) is 11.1. The van der Waals surface area contributed by atoms with Crippen LogP contribution < -0.4 is 11.5 Å². The highest BCUT2D eigenvalue weighted by atomic mass is 16.3. The molecule has 0 heterocycles. The molecule has 1 fully saturated rings. The van der Waals surface area contributed by atoms with Crippen molar-refractivity contribution in [2.75, 3.05) is 14.1 Å². The highest BCUT2D eigenvalue weighted by molar-refractivity contribution is 6.24. The zero-order chi connectivity index (χ0) is 25.3. The van der Waals surface area contributed by atoms with E-state index in [1.807, 2.05) is 6.92 Å². The smallest absolute Gasteiger partial charge is 0.255 e. The van der Waals surface area contributed by atoms with Crippen LogP contribution in [0.4, 0.5) is 0 Å². The molecule has 4 rings (SSSR count). The number of nitrogens with zero attached hydrogens (tertiary/aromatic N) is 1. The summed E-state index contributed by atoms with van der Waals surface area (Å²) in [6.45, 7) is 1.93. The minimum absolute atomic E-state index is 0.0102. The van der Waals surface area contributed by atoms with E-state index in [4.69, 9.17) is 11.5 Å². The van der Waals surface area contributed by atoms with Crippen LogP contribution in [0.2, 0.25) is 0 Å². The molecule has 34 heavy (non-hydrogen) atoms. The van der Waals surface area contributed by atoms with E-state index >= 15 is 0 Å². The molecule has 3 aliphatic carbocycles. The fourth-order valence-corrected chi connectivity index (χ4v) is 5.92. The highest BCUT2D eigenvalue weighted by Crippen LogP contribution is 2.53. The molecule has 4 atom stereocenters. The quantitative estimate of drug-likeness (QED) is 0.328. The number of aliphatic hydroxyl groups excluding tert-OH is 2. The van der Waals surface area contributed by atoms with Gasteiger partial charge in [0, 0.05) is 23.6 Å². The van der Waals surface area contributed by atoms with E-state index < -0.39 is 58.0 Å². The van der Waals surface area contributed by atoms with E-state index in [1.165, 1.54) is 4.90 Å². The molecule has 8 N–H and O–H groups in total. The molecule has 0 bridgehead atoms. The summed E-state index contributed by atoms with van der Waals surface area (Å²) in [4.78, 5) is 40.3. The summed E-state index contributed by atoms with van der Waals surface area (Å²) >= 11 is 0. The monoisotopic (exact) mass is 471 g/mol. The molecule has 1 aromatic rings. The Labute approximate surface area is 196 Å². The third kappa shape index (κ3) is 2.95. The molecule has 0 spiro atoms. The lowest BCUT2D eigenvalue weighted by molar-refractivity contribution is -0.153. The predicted molar refractivity (Wildman–Crippen MR) is 122 cm³/mol. The Hall–Kier alpha value is -3.21. The van der Waals surface area contributed by atoms with Crippen molar-refractivity contribution in [1.82, 2.24) is 4.90 Å². The topological polar surface area (TPSA) is 187 Å². The number of carbonyl (C=O) groups is 3. The van der Waals surface area contributed by atoms with Gasteiger partial charge >= 0.3 is 0 Å². The summed E-state index contributed by atoms with van der Waals surface area (Å²) in [5.74, 6) is -6.58. The van der Waals surface area contributed by atoms with Gasteiger partial charge in [0.1, 0.15) is 22.8 Å². The van der Waals surface area contributed by atoms with Gasteiger partial charge in [-0.2, -0.15) is 0 Å². The van der Waals surface area contributed by atoms with Crippen molar-refractivity contribution >= 4 is 23.2 Å². The lowest BCUT2D eigenvalue weighted by atomic mass is 9.57. The molecule has 182 valence electrons. The van der Waals surface area contributed by atoms with Crippen LogP contribution in [0.3, 0.4) is 0 Å². The van der Waals surface area contributed by atoms with Gasteiger partial charge in [-0.3, -0.25) is 19.3 Å². The van der Waals surface area contributed by atoms with E-state index in [0.717, 1.165) is 5.56 Å². The number of aliphatic hydroxyl groups is 3. The third-order valence-corrected chi connectivity index (χ3v) is 7.49. The second-order valence-corrected chi connectivity index (χ2v) is 9.42. The molecule has 0 aromatic heterocycles. The van der Waals surface area contributed by atoms with E-state index in [2.05, 4.69) is 0 Å². The van der Waals surface area contributed by atoms with Crippen LogP contribution in [-0.4, -0.2) is 68.5 Å². The largest absolute Gasteiger partial charge is 0.508 e. The SMILES string of the molecule is CCc1cc(CN)c(O)c2c1C[C@H]1C[C@H]3C(N(C)C)C(=O)C(C(N)=O)=C(O)[C@@]3(O)C(=O)C1=C2O. The summed E-state index contributed by atoms with van der Waals surface area (Å²) < 4.78 is 0. The summed E-state index contributed by atoms with van der Waals surface area (Å²) in [7, 11) is 3.13. The van der Waals surface area contributed by atoms with E-state index in [-0.39, 0.29) is 36.3 Å². The van der Waals surface area contributed by atoms with Crippen LogP contribution in [0, 0.1) is 11.8 Å². The number of hydrogen-bond donors (Lipinski definition) is 6. The van der Waals surface area contributed by atoms with Crippen LogP contribution in [0.15, 0.2) is 23.0 Å². The van der Waals surface area contributed by atoms with Gasteiger partial charge in [0.15, 0.2) is 11.4 Å². The fourth-order valence-electron chi connectivity index (χ4n) is 5.92. The van der Waals surface area contributed by atoms with Gasteiger partial charge in [0.25, 0.3) is 5.91 Å². The number of phenolic OH excluding ortho intramolecular Hbond substituents is 1. The average molecular weight is 472 g/mol. The minimum Gasteiger partial charge on any atom is -0.508 e. The van der Waals surface area contributed by atoms with Crippen LogP contribution in [0.1, 0.15) is 35.6 Å². The number of carbonyl (C=O) groups excluding carboxylic acids is 3. The highest BCUT2D eigenvalue weighted by Gasteiger charge is 2.64. The predicted octanol–water partition coefficient (Wildman–Crippen LogP) is -0.0149. The molecule has 0 radical (unpaired) electrons. The lowest BCUT2D eigenvalue weighted by Crippen LogP contribution is -2.65. The Morgan fingerprint density at radius 3 is 2.38 bits per heavy atom. The molecule has 1 saturated carbocycles. The van der Waals surface area contributed by atoms with Gasteiger partial charge in [-0.05, 0) is 50.4 Å². The number of rotatable bonds is 4. The normalized spacial score (nSPS) is 28.7. The number of phenols is 1. The summed E-state index contributed by atoms with van der Waals surface area (Å²) in [6, 6.07) is 0.671. The van der Waals surface area contributed by atoms with Crippen molar-refractivity contribution in [3.05, 3.63) is 45.2 Å². The number of aromatic hydroxyl groups is 1. The first kappa shape index (κ1) is 23.9. The number of amides is 1. The Bertz CT molecular complexity index is 1200. The number of fused-ring (bicyclic) bond motifs is 3. The molecule has 10 nitrogen and oxygen atoms in total. The van der Waals surface area contributed by atoms with Crippen LogP contribution in [0.25, 0.3) is 5.76 Å². The summed E-state index contributed by atoms with van der Waals surface area (Å²) in [6.07, 6.45) is 0.932. The van der Waals surface area contributed by atoms with Crippen molar-refractivity contribution in [2.45, 2.75) is 44.4 Å². The van der Waals surface area contributed by atoms with E-state index in [1.54, 1.807) is 20.2 Å².